The molecule has 0 aliphatic heterocycles. The Bertz CT molecular complexity index is 1290. The molecule has 0 radical (unpaired) electrons. The predicted octanol–water partition coefficient (Wildman–Crippen LogP) is 5.42. The summed E-state index contributed by atoms with van der Waals surface area (Å²) in [4.78, 5) is 16.7. The van der Waals surface area contributed by atoms with Gasteiger partial charge in [-0.05, 0) is 46.9 Å². The van der Waals surface area contributed by atoms with Gasteiger partial charge < -0.3 is 4.74 Å². The zero-order valence-corrected chi connectivity index (χ0v) is 20.5. The smallest absolute Gasteiger partial charge is 0.278 e. The van der Waals surface area contributed by atoms with Crippen molar-refractivity contribution in [2.75, 3.05) is 5.32 Å². The number of aromatic nitrogens is 5. The van der Waals surface area contributed by atoms with Crippen LogP contribution in [0.2, 0.25) is 10.0 Å². The summed E-state index contributed by atoms with van der Waals surface area (Å²) < 4.78 is 8.88. The van der Waals surface area contributed by atoms with Crippen molar-refractivity contribution in [1.82, 2.24) is 24.5 Å². The van der Waals surface area contributed by atoms with E-state index < -0.39 is 5.91 Å². The van der Waals surface area contributed by atoms with Gasteiger partial charge in [-0.1, -0.05) is 62.2 Å². The topological polar surface area (TPSA) is 86.9 Å². The van der Waals surface area contributed by atoms with E-state index in [1.54, 1.807) is 33.8 Å². The van der Waals surface area contributed by atoms with Crippen molar-refractivity contribution in [2.45, 2.75) is 39.5 Å². The van der Waals surface area contributed by atoms with Crippen LogP contribution < -0.4 is 10.1 Å². The second kappa shape index (κ2) is 9.87. The summed E-state index contributed by atoms with van der Waals surface area (Å²) in [5.74, 6) is 0.473. The molecule has 10 heteroatoms. The Labute approximate surface area is 207 Å². The van der Waals surface area contributed by atoms with E-state index >= 15 is 0 Å². The van der Waals surface area contributed by atoms with Crippen molar-refractivity contribution in [1.29, 1.82) is 0 Å². The fourth-order valence-corrected chi connectivity index (χ4v) is 3.63. The van der Waals surface area contributed by atoms with Gasteiger partial charge in [0.2, 0.25) is 5.95 Å². The molecule has 2 heterocycles. The number of benzene rings is 2. The molecule has 4 aromatic rings. The quantitative estimate of drug-likeness (QED) is 0.367. The number of hydrogen-bond donors (Lipinski definition) is 1. The lowest BCUT2D eigenvalue weighted by Crippen LogP contribution is -2.15. The summed E-state index contributed by atoms with van der Waals surface area (Å²) in [6, 6.07) is 14.8. The van der Waals surface area contributed by atoms with E-state index in [0.29, 0.717) is 16.6 Å². The zero-order valence-electron chi connectivity index (χ0n) is 19.0. The maximum Gasteiger partial charge on any atom is 0.278 e. The molecule has 2 aromatic heterocycles. The maximum atomic E-state index is 12.5. The molecular weight excluding hydrogens is 475 g/mol. The summed E-state index contributed by atoms with van der Waals surface area (Å²) >= 11 is 12.1. The van der Waals surface area contributed by atoms with Crippen molar-refractivity contribution in [3.8, 4) is 5.75 Å². The lowest BCUT2D eigenvalue weighted by atomic mass is 9.87. The van der Waals surface area contributed by atoms with E-state index in [2.05, 4.69) is 41.3 Å². The fourth-order valence-electron chi connectivity index (χ4n) is 3.16. The molecule has 0 spiro atoms. The van der Waals surface area contributed by atoms with Crippen LogP contribution in [0.5, 0.6) is 5.75 Å². The van der Waals surface area contributed by atoms with Gasteiger partial charge in [-0.2, -0.15) is 5.10 Å². The van der Waals surface area contributed by atoms with Crippen LogP contribution in [0.1, 0.15) is 42.4 Å². The average molecular weight is 499 g/mol. The number of ether oxygens (including phenoxy) is 1. The molecule has 0 aliphatic carbocycles. The number of carbonyl (C=O) groups is 1. The monoisotopic (exact) mass is 498 g/mol. The van der Waals surface area contributed by atoms with E-state index in [-0.39, 0.29) is 23.8 Å². The minimum Gasteiger partial charge on any atom is -0.471 e. The van der Waals surface area contributed by atoms with Crippen molar-refractivity contribution < 1.29 is 9.53 Å². The molecule has 0 atom stereocenters. The fraction of sp³-hybridized carbons (Fsp3) is 0.250. The summed E-state index contributed by atoms with van der Waals surface area (Å²) in [5, 5.41) is 12.3. The SMILES string of the molecule is CC(C)(C)c1ccc(OCn2ccc(C(=O)Nc3ncn(Cc4ccc(Cl)cc4Cl)n3)n2)cc1. The Morgan fingerprint density at radius 2 is 1.79 bits per heavy atom. The highest BCUT2D eigenvalue weighted by molar-refractivity contribution is 6.35. The van der Waals surface area contributed by atoms with Crippen LogP contribution in [0.25, 0.3) is 0 Å². The first-order valence-electron chi connectivity index (χ1n) is 10.6. The number of rotatable bonds is 7. The normalized spacial score (nSPS) is 11.4. The number of carbonyl (C=O) groups excluding carboxylic acids is 1. The number of nitrogens with zero attached hydrogens (tertiary/aromatic N) is 5. The van der Waals surface area contributed by atoms with E-state index in [1.165, 1.54) is 11.9 Å². The van der Waals surface area contributed by atoms with Crippen LogP contribution in [0, 0.1) is 0 Å². The van der Waals surface area contributed by atoms with E-state index in [1.807, 2.05) is 30.3 Å². The molecular formula is C24H24Cl2N6O2. The number of halogens is 2. The molecule has 176 valence electrons. The molecule has 34 heavy (non-hydrogen) atoms. The van der Waals surface area contributed by atoms with Crippen LogP contribution in [-0.4, -0.2) is 30.5 Å². The summed E-state index contributed by atoms with van der Waals surface area (Å²) in [7, 11) is 0. The minimum atomic E-state index is -0.421. The van der Waals surface area contributed by atoms with Crippen LogP contribution in [-0.2, 0) is 18.7 Å². The molecule has 1 amide bonds. The highest BCUT2D eigenvalue weighted by atomic mass is 35.5. The third kappa shape index (κ3) is 5.95. The van der Waals surface area contributed by atoms with Crippen LogP contribution in [0.4, 0.5) is 5.95 Å². The molecule has 0 unspecified atom stereocenters. The largest absolute Gasteiger partial charge is 0.471 e. The molecule has 0 saturated carbocycles. The Hall–Kier alpha value is -3.36. The van der Waals surface area contributed by atoms with Crippen molar-refractivity contribution in [3.63, 3.8) is 0 Å². The molecule has 0 aliphatic rings. The van der Waals surface area contributed by atoms with Gasteiger partial charge in [0.15, 0.2) is 12.4 Å². The predicted molar refractivity (Wildman–Crippen MR) is 132 cm³/mol. The number of anilines is 1. The van der Waals surface area contributed by atoms with Gasteiger partial charge >= 0.3 is 0 Å². The Kier molecular flexibility index (Phi) is 6.90. The van der Waals surface area contributed by atoms with E-state index in [0.717, 1.165) is 11.3 Å². The van der Waals surface area contributed by atoms with Gasteiger partial charge in [0.05, 0.1) is 6.54 Å². The first-order chi connectivity index (χ1) is 16.2. The first kappa shape index (κ1) is 23.8. The Balaban J connectivity index is 1.32. The van der Waals surface area contributed by atoms with Crippen LogP contribution in [0.15, 0.2) is 61.1 Å². The van der Waals surface area contributed by atoms with Crippen molar-refractivity contribution in [2.24, 2.45) is 0 Å². The second-order valence-corrected chi connectivity index (χ2v) is 9.59. The standard InChI is InChI=1S/C24H24Cl2N6O2/c1-24(2,3)17-5-8-19(9-6-17)34-15-31-11-10-21(29-31)22(33)28-23-27-14-32(30-23)13-16-4-7-18(25)12-20(16)26/h4-12,14H,13,15H2,1-3H3,(H,28,30,33). The highest BCUT2D eigenvalue weighted by Gasteiger charge is 2.14. The Morgan fingerprint density at radius 3 is 2.50 bits per heavy atom. The van der Waals surface area contributed by atoms with Crippen LogP contribution in [0.3, 0.4) is 0 Å². The minimum absolute atomic E-state index is 0.0797. The van der Waals surface area contributed by atoms with E-state index in [9.17, 15) is 4.79 Å². The third-order valence-electron chi connectivity index (χ3n) is 5.07. The average Bonchev–Trinajstić information content (AvgIpc) is 3.43. The first-order valence-corrected chi connectivity index (χ1v) is 11.3. The molecule has 8 nitrogen and oxygen atoms in total. The number of amides is 1. The summed E-state index contributed by atoms with van der Waals surface area (Å²) in [6.45, 7) is 7.05. The lowest BCUT2D eigenvalue weighted by Gasteiger charge is -2.19. The van der Waals surface area contributed by atoms with Gasteiger partial charge in [0.25, 0.3) is 5.91 Å². The van der Waals surface area contributed by atoms with E-state index in [4.69, 9.17) is 27.9 Å². The van der Waals surface area contributed by atoms with Gasteiger partial charge in [0, 0.05) is 16.2 Å². The van der Waals surface area contributed by atoms with Gasteiger partial charge in [-0.15, -0.1) is 5.10 Å². The molecule has 0 bridgehead atoms. The Morgan fingerprint density at radius 1 is 1.03 bits per heavy atom. The van der Waals surface area contributed by atoms with Crippen molar-refractivity contribution in [3.05, 3.63) is 87.9 Å². The molecule has 0 fully saturated rings. The van der Waals surface area contributed by atoms with Crippen molar-refractivity contribution >= 4 is 35.1 Å². The zero-order chi connectivity index (χ0) is 24.3. The summed E-state index contributed by atoms with van der Waals surface area (Å²) in [5.41, 5.74) is 2.37. The molecule has 0 saturated heterocycles. The van der Waals surface area contributed by atoms with Gasteiger partial charge in [-0.3, -0.25) is 10.1 Å². The number of nitrogens with one attached hydrogen (secondary N) is 1. The number of hydrogen-bond acceptors (Lipinski definition) is 5. The molecule has 1 N–H and O–H groups in total. The molecule has 4 rings (SSSR count). The third-order valence-corrected chi connectivity index (χ3v) is 5.65. The van der Waals surface area contributed by atoms with Gasteiger partial charge in [0.1, 0.15) is 12.1 Å². The maximum absolute atomic E-state index is 12.5. The highest BCUT2D eigenvalue weighted by Crippen LogP contribution is 2.24. The lowest BCUT2D eigenvalue weighted by molar-refractivity contribution is 0.101. The van der Waals surface area contributed by atoms with Gasteiger partial charge in [-0.25, -0.2) is 14.3 Å². The second-order valence-electron chi connectivity index (χ2n) is 8.74. The summed E-state index contributed by atoms with van der Waals surface area (Å²) in [6.07, 6.45) is 3.19. The molecule has 2 aromatic carbocycles. The van der Waals surface area contributed by atoms with Crippen LogP contribution >= 0.6 is 23.2 Å².